The van der Waals surface area contributed by atoms with Gasteiger partial charge in [-0.2, -0.15) is 0 Å². The van der Waals surface area contributed by atoms with Crippen LogP contribution in [0.4, 0.5) is 4.79 Å². The van der Waals surface area contributed by atoms with Gasteiger partial charge in [0.1, 0.15) is 5.60 Å². The van der Waals surface area contributed by atoms with Crippen LogP contribution < -0.4 is 5.32 Å². The lowest BCUT2D eigenvalue weighted by Gasteiger charge is -2.24. The van der Waals surface area contributed by atoms with E-state index in [0.717, 1.165) is 25.9 Å². The van der Waals surface area contributed by atoms with E-state index in [2.05, 4.69) is 20.4 Å². The second kappa shape index (κ2) is 6.11. The molecule has 2 fully saturated rings. The molecule has 1 saturated heterocycles. The van der Waals surface area contributed by atoms with Gasteiger partial charge in [-0.3, -0.25) is 4.90 Å². The smallest absolute Gasteiger partial charge is 0.407 e. The molecule has 1 amide bonds. The summed E-state index contributed by atoms with van der Waals surface area (Å²) < 4.78 is 10.8. The molecule has 2 heterocycles. The zero-order valence-corrected chi connectivity index (χ0v) is 14.3. The second-order valence-corrected chi connectivity index (χ2v) is 7.66. The quantitative estimate of drug-likeness (QED) is 0.918. The maximum atomic E-state index is 12.0. The highest BCUT2D eigenvalue weighted by atomic mass is 16.6. The number of aromatic nitrogens is 2. The third-order valence-corrected chi connectivity index (χ3v) is 4.56. The normalized spacial score (nSPS) is 27.9. The summed E-state index contributed by atoms with van der Waals surface area (Å²) in [6, 6.07) is 0.198. The molecule has 7 nitrogen and oxygen atoms in total. The number of rotatable bonds is 3. The van der Waals surface area contributed by atoms with E-state index in [0.29, 0.717) is 30.2 Å². The topological polar surface area (TPSA) is 80.5 Å². The number of ether oxygens (including phenoxy) is 1. The number of hydrogen-bond donors (Lipinski definition) is 1. The molecule has 128 valence electrons. The zero-order valence-electron chi connectivity index (χ0n) is 14.3. The van der Waals surface area contributed by atoms with Crippen molar-refractivity contribution < 1.29 is 13.9 Å². The summed E-state index contributed by atoms with van der Waals surface area (Å²) in [5.74, 6) is 2.37. The molecule has 0 unspecified atom stereocenters. The van der Waals surface area contributed by atoms with Crippen LogP contribution in [-0.2, 0) is 11.3 Å². The maximum absolute atomic E-state index is 12.0. The summed E-state index contributed by atoms with van der Waals surface area (Å²) >= 11 is 0. The Morgan fingerprint density at radius 3 is 2.78 bits per heavy atom. The van der Waals surface area contributed by atoms with Gasteiger partial charge >= 0.3 is 6.09 Å². The summed E-state index contributed by atoms with van der Waals surface area (Å²) in [7, 11) is 0. The summed E-state index contributed by atoms with van der Waals surface area (Å²) in [6.07, 6.45) is 1.86. The lowest BCUT2D eigenvalue weighted by Crippen LogP contribution is -2.42. The number of nitrogens with one attached hydrogen (secondary N) is 1. The third kappa shape index (κ3) is 4.02. The van der Waals surface area contributed by atoms with Crippen LogP contribution in [0.2, 0.25) is 0 Å². The monoisotopic (exact) mass is 322 g/mol. The Hall–Kier alpha value is -1.63. The number of alkyl carbamates (subject to hydrolysis) is 1. The highest BCUT2D eigenvalue weighted by molar-refractivity contribution is 5.68. The van der Waals surface area contributed by atoms with Gasteiger partial charge in [-0.15, -0.1) is 10.2 Å². The Bertz CT molecular complexity index is 566. The summed E-state index contributed by atoms with van der Waals surface area (Å²) in [5.41, 5.74) is -0.459. The van der Waals surface area contributed by atoms with Crippen LogP contribution in [0.3, 0.4) is 0 Å². The molecule has 7 heteroatoms. The van der Waals surface area contributed by atoms with Crippen LogP contribution in [0.25, 0.3) is 0 Å². The van der Waals surface area contributed by atoms with Gasteiger partial charge in [0.25, 0.3) is 0 Å². The maximum Gasteiger partial charge on any atom is 0.407 e. The molecule has 2 aliphatic rings. The molecule has 0 radical (unpaired) electrons. The number of hydrogen-bond acceptors (Lipinski definition) is 6. The standard InChI is InChI=1S/C16H26N4O3/c1-10-18-19-14(22-10)9-20-7-11-5-6-13(12(11)8-20)17-15(21)23-16(2,3)4/h11-13H,5-9H2,1-4H3,(H,17,21)/t11-,12+,13+/m0/s1. The SMILES string of the molecule is Cc1nnc(CN2C[C@@H]3CC[C@@H](NC(=O)OC(C)(C)C)[C@@H]3C2)o1. The van der Waals surface area contributed by atoms with Crippen molar-refractivity contribution in [3.63, 3.8) is 0 Å². The average molecular weight is 322 g/mol. The highest BCUT2D eigenvalue weighted by Gasteiger charge is 2.43. The lowest BCUT2D eigenvalue weighted by molar-refractivity contribution is 0.0491. The van der Waals surface area contributed by atoms with Crippen LogP contribution >= 0.6 is 0 Å². The predicted molar refractivity (Wildman–Crippen MR) is 83.7 cm³/mol. The first kappa shape index (κ1) is 16.2. The number of nitrogens with zero attached hydrogens (tertiary/aromatic N) is 3. The molecule has 1 aromatic rings. The minimum absolute atomic E-state index is 0.198. The van der Waals surface area contributed by atoms with Crippen LogP contribution in [0.15, 0.2) is 4.42 Å². The highest BCUT2D eigenvalue weighted by Crippen LogP contribution is 2.38. The van der Waals surface area contributed by atoms with E-state index < -0.39 is 5.60 Å². The van der Waals surface area contributed by atoms with Crippen molar-refractivity contribution in [2.45, 2.75) is 58.7 Å². The van der Waals surface area contributed by atoms with E-state index in [1.54, 1.807) is 6.92 Å². The molecule has 1 aromatic heterocycles. The first-order valence-corrected chi connectivity index (χ1v) is 8.31. The van der Waals surface area contributed by atoms with Crippen molar-refractivity contribution in [3.8, 4) is 0 Å². The number of carbonyl (C=O) groups excluding carboxylic acids is 1. The summed E-state index contributed by atoms with van der Waals surface area (Å²) in [6.45, 7) is 10.1. The van der Waals surface area contributed by atoms with E-state index in [9.17, 15) is 4.79 Å². The van der Waals surface area contributed by atoms with Crippen molar-refractivity contribution >= 4 is 6.09 Å². The van der Waals surface area contributed by atoms with Gasteiger partial charge in [-0.05, 0) is 45.4 Å². The van der Waals surface area contributed by atoms with Gasteiger partial charge in [0, 0.05) is 26.1 Å². The fraction of sp³-hybridized carbons (Fsp3) is 0.812. The molecule has 0 spiro atoms. The molecular formula is C16H26N4O3. The lowest BCUT2D eigenvalue weighted by atomic mass is 9.98. The Morgan fingerprint density at radius 2 is 2.13 bits per heavy atom. The van der Waals surface area contributed by atoms with E-state index in [4.69, 9.17) is 9.15 Å². The first-order chi connectivity index (χ1) is 10.8. The number of aryl methyl sites for hydroxylation is 1. The summed E-state index contributed by atoms with van der Waals surface area (Å²) in [4.78, 5) is 14.3. The Balaban J connectivity index is 1.53. The van der Waals surface area contributed by atoms with Crippen molar-refractivity contribution in [3.05, 3.63) is 11.8 Å². The Morgan fingerprint density at radius 1 is 1.35 bits per heavy atom. The molecule has 1 aliphatic heterocycles. The van der Waals surface area contributed by atoms with Gasteiger partial charge in [0.05, 0.1) is 6.54 Å². The van der Waals surface area contributed by atoms with Crippen LogP contribution in [0.5, 0.6) is 0 Å². The van der Waals surface area contributed by atoms with E-state index >= 15 is 0 Å². The molecule has 1 saturated carbocycles. The van der Waals surface area contributed by atoms with Gasteiger partial charge in [-0.25, -0.2) is 4.79 Å². The van der Waals surface area contributed by atoms with Crippen molar-refractivity contribution in [2.75, 3.05) is 13.1 Å². The van der Waals surface area contributed by atoms with Crippen LogP contribution in [-0.4, -0.2) is 45.9 Å². The number of amides is 1. The molecule has 0 aromatic carbocycles. The molecule has 23 heavy (non-hydrogen) atoms. The minimum Gasteiger partial charge on any atom is -0.444 e. The molecule has 3 atom stereocenters. The first-order valence-electron chi connectivity index (χ1n) is 8.31. The van der Waals surface area contributed by atoms with Crippen LogP contribution in [0, 0.1) is 18.8 Å². The van der Waals surface area contributed by atoms with Gasteiger partial charge < -0.3 is 14.5 Å². The Kier molecular flexibility index (Phi) is 4.31. The van der Waals surface area contributed by atoms with Crippen molar-refractivity contribution in [2.24, 2.45) is 11.8 Å². The molecular weight excluding hydrogens is 296 g/mol. The molecule has 3 rings (SSSR count). The number of carbonyl (C=O) groups is 1. The Labute approximate surface area is 136 Å². The molecule has 1 N–H and O–H groups in total. The predicted octanol–water partition coefficient (Wildman–Crippen LogP) is 2.11. The van der Waals surface area contributed by atoms with Crippen LogP contribution in [0.1, 0.15) is 45.4 Å². The van der Waals surface area contributed by atoms with Crippen molar-refractivity contribution in [1.82, 2.24) is 20.4 Å². The van der Waals surface area contributed by atoms with E-state index in [-0.39, 0.29) is 12.1 Å². The third-order valence-electron chi connectivity index (χ3n) is 4.56. The second-order valence-electron chi connectivity index (χ2n) is 7.66. The number of fused-ring (bicyclic) bond motifs is 1. The zero-order chi connectivity index (χ0) is 16.6. The molecule has 0 bridgehead atoms. The fourth-order valence-electron chi connectivity index (χ4n) is 3.72. The summed E-state index contributed by atoms with van der Waals surface area (Å²) in [5, 5.41) is 11.0. The average Bonchev–Trinajstić information content (AvgIpc) is 3.06. The van der Waals surface area contributed by atoms with Crippen molar-refractivity contribution in [1.29, 1.82) is 0 Å². The fourth-order valence-corrected chi connectivity index (χ4v) is 3.72. The minimum atomic E-state index is -0.459. The van der Waals surface area contributed by atoms with Gasteiger partial charge in [-0.1, -0.05) is 0 Å². The van der Waals surface area contributed by atoms with E-state index in [1.807, 2.05) is 20.8 Å². The number of likely N-dealkylation sites (tertiary alicyclic amines) is 1. The van der Waals surface area contributed by atoms with Gasteiger partial charge in [0.2, 0.25) is 11.8 Å². The van der Waals surface area contributed by atoms with E-state index in [1.165, 1.54) is 0 Å². The molecule has 1 aliphatic carbocycles. The largest absolute Gasteiger partial charge is 0.444 e. The van der Waals surface area contributed by atoms with Gasteiger partial charge in [0.15, 0.2) is 0 Å².